The highest BCUT2D eigenvalue weighted by molar-refractivity contribution is 5.99. The molecule has 0 fully saturated rings. The summed E-state index contributed by atoms with van der Waals surface area (Å²) in [6.07, 6.45) is 4.72. The van der Waals surface area contributed by atoms with Crippen LogP contribution in [0.4, 0.5) is 0 Å². The van der Waals surface area contributed by atoms with E-state index >= 15 is 0 Å². The lowest BCUT2D eigenvalue weighted by molar-refractivity contribution is -0.645. The minimum atomic E-state index is -0.370. The molecule has 8 heteroatoms. The molecule has 0 saturated heterocycles. The summed E-state index contributed by atoms with van der Waals surface area (Å²) in [5.41, 5.74) is 4.77. The molecule has 2 aromatic heterocycles. The molecule has 0 radical (unpaired) electrons. The summed E-state index contributed by atoms with van der Waals surface area (Å²) in [6, 6.07) is 23.9. The summed E-state index contributed by atoms with van der Waals surface area (Å²) in [7, 11) is 0. The smallest absolute Gasteiger partial charge is 0.366 e. The molecule has 2 heterocycles. The van der Waals surface area contributed by atoms with Crippen LogP contribution in [0.5, 0.6) is 5.75 Å². The second kappa shape index (κ2) is 10.4. The third-order valence-electron chi connectivity index (χ3n) is 6.12. The molecular formula is C28H27N5O3. The number of rotatable bonds is 9. The van der Waals surface area contributed by atoms with Gasteiger partial charge in [-0.05, 0) is 66.6 Å². The van der Waals surface area contributed by atoms with Gasteiger partial charge in [0.2, 0.25) is 11.0 Å². The standard InChI is InChI=1S/C28H27N5O3/c1-2-3-4-7-18-36-23-16-14-21(15-17-23)25-19-24(29-30-25)20-10-12-22(13-11-20)28(34)32-26-8-5-6-9-27(26)33(35)31-32/h5-6,8-17,19H,2-4,7,18H2,1H3,(H,29,30). The predicted octanol–water partition coefficient (Wildman–Crippen LogP) is 5.37. The number of para-hydroxylation sites is 2. The van der Waals surface area contributed by atoms with Crippen LogP contribution in [-0.2, 0) is 0 Å². The average Bonchev–Trinajstić information content (AvgIpc) is 3.54. The molecule has 0 aliphatic rings. The summed E-state index contributed by atoms with van der Waals surface area (Å²) in [6.45, 7) is 2.93. The molecule has 0 spiro atoms. The number of nitrogens with zero attached hydrogens (tertiary/aromatic N) is 4. The van der Waals surface area contributed by atoms with Crippen LogP contribution in [0.25, 0.3) is 33.5 Å². The van der Waals surface area contributed by atoms with Crippen molar-refractivity contribution in [2.24, 2.45) is 0 Å². The number of fused-ring (bicyclic) bond motifs is 1. The number of H-pyrrole nitrogens is 1. The molecule has 5 aromatic rings. The molecule has 0 saturated carbocycles. The number of benzene rings is 3. The lowest BCUT2D eigenvalue weighted by Crippen LogP contribution is -2.31. The first-order chi connectivity index (χ1) is 17.6. The Morgan fingerprint density at radius 1 is 0.972 bits per heavy atom. The number of aromatic amines is 1. The molecule has 1 N–H and O–H groups in total. The Morgan fingerprint density at radius 3 is 2.50 bits per heavy atom. The zero-order chi connectivity index (χ0) is 24.9. The van der Waals surface area contributed by atoms with Crippen molar-refractivity contribution < 1.29 is 14.4 Å². The third-order valence-corrected chi connectivity index (χ3v) is 6.12. The van der Waals surface area contributed by atoms with Crippen LogP contribution in [0.2, 0.25) is 0 Å². The van der Waals surface area contributed by atoms with Gasteiger partial charge in [0.05, 0.1) is 23.6 Å². The molecule has 36 heavy (non-hydrogen) atoms. The fourth-order valence-corrected chi connectivity index (χ4v) is 4.11. The molecule has 0 amide bonds. The fraction of sp³-hybridized carbons (Fsp3) is 0.214. The van der Waals surface area contributed by atoms with Crippen LogP contribution in [0.3, 0.4) is 0 Å². The number of hydrogen-bond acceptors (Lipinski definition) is 5. The van der Waals surface area contributed by atoms with Gasteiger partial charge in [0.25, 0.3) is 0 Å². The first-order valence-electron chi connectivity index (χ1n) is 12.2. The van der Waals surface area contributed by atoms with Crippen LogP contribution in [0, 0.1) is 5.21 Å². The minimum absolute atomic E-state index is 0.346. The van der Waals surface area contributed by atoms with Gasteiger partial charge in [-0.1, -0.05) is 55.1 Å². The Balaban J connectivity index is 1.27. The Labute approximate surface area is 208 Å². The van der Waals surface area contributed by atoms with Gasteiger partial charge in [-0.15, -0.1) is 4.85 Å². The van der Waals surface area contributed by atoms with E-state index in [1.54, 1.807) is 36.4 Å². The van der Waals surface area contributed by atoms with E-state index in [9.17, 15) is 10.0 Å². The maximum absolute atomic E-state index is 13.0. The maximum atomic E-state index is 13.0. The molecule has 0 unspecified atom stereocenters. The first-order valence-corrected chi connectivity index (χ1v) is 12.2. The molecule has 0 bridgehead atoms. The van der Waals surface area contributed by atoms with E-state index in [1.807, 2.05) is 42.5 Å². The molecule has 5 rings (SSSR count). The summed E-state index contributed by atoms with van der Waals surface area (Å²) >= 11 is 0. The molecule has 0 aliphatic carbocycles. The largest absolute Gasteiger partial charge is 0.691 e. The van der Waals surface area contributed by atoms with Crippen LogP contribution >= 0.6 is 0 Å². The number of ether oxygens (including phenoxy) is 1. The Kier molecular flexibility index (Phi) is 6.75. The zero-order valence-electron chi connectivity index (χ0n) is 20.1. The van der Waals surface area contributed by atoms with Gasteiger partial charge < -0.3 is 9.94 Å². The minimum Gasteiger partial charge on any atom is -0.691 e. The van der Waals surface area contributed by atoms with Crippen molar-refractivity contribution in [2.45, 2.75) is 32.6 Å². The number of carbonyl (C=O) groups excluding carboxylic acids is 1. The Bertz CT molecular complexity index is 1470. The summed E-state index contributed by atoms with van der Waals surface area (Å²) < 4.78 is 6.95. The molecule has 182 valence electrons. The predicted molar refractivity (Wildman–Crippen MR) is 138 cm³/mol. The van der Waals surface area contributed by atoms with Gasteiger partial charge >= 0.3 is 5.91 Å². The van der Waals surface area contributed by atoms with E-state index in [0.29, 0.717) is 21.4 Å². The molecule has 8 nitrogen and oxygen atoms in total. The Hall–Kier alpha value is -4.46. The molecule has 3 aromatic carbocycles. The number of nitrogens with one attached hydrogen (secondary N) is 1. The van der Waals surface area contributed by atoms with Crippen molar-refractivity contribution in [3.8, 4) is 28.3 Å². The van der Waals surface area contributed by atoms with Crippen molar-refractivity contribution in [3.05, 3.63) is 89.6 Å². The van der Waals surface area contributed by atoms with Crippen molar-refractivity contribution in [3.63, 3.8) is 0 Å². The van der Waals surface area contributed by atoms with E-state index in [0.717, 1.165) is 46.0 Å². The second-order valence-corrected chi connectivity index (χ2v) is 8.65. The summed E-state index contributed by atoms with van der Waals surface area (Å²) in [5.74, 6) is 0.490. The average molecular weight is 482 g/mol. The summed E-state index contributed by atoms with van der Waals surface area (Å²) in [5, 5.41) is 23.3. The van der Waals surface area contributed by atoms with Gasteiger partial charge in [0.15, 0.2) is 0 Å². The van der Waals surface area contributed by atoms with Gasteiger partial charge in [0, 0.05) is 5.56 Å². The highest BCUT2D eigenvalue weighted by atomic mass is 16.5. The number of carbonyl (C=O) groups is 1. The van der Waals surface area contributed by atoms with Gasteiger partial charge in [-0.2, -0.15) is 5.10 Å². The number of hydrogen-bond donors (Lipinski definition) is 1. The third kappa shape index (κ3) is 4.84. The van der Waals surface area contributed by atoms with E-state index in [4.69, 9.17) is 4.74 Å². The van der Waals surface area contributed by atoms with Crippen molar-refractivity contribution in [2.75, 3.05) is 6.61 Å². The normalized spacial score (nSPS) is 11.1. The monoisotopic (exact) mass is 481 g/mol. The van der Waals surface area contributed by atoms with Crippen LogP contribution < -0.4 is 9.58 Å². The van der Waals surface area contributed by atoms with Crippen LogP contribution in [0.15, 0.2) is 78.9 Å². The van der Waals surface area contributed by atoms with Crippen molar-refractivity contribution in [1.82, 2.24) is 20.1 Å². The summed E-state index contributed by atoms with van der Waals surface area (Å²) in [4.78, 5) is 13.4. The van der Waals surface area contributed by atoms with E-state index in [1.165, 1.54) is 19.3 Å². The maximum Gasteiger partial charge on any atom is 0.366 e. The number of unbranched alkanes of at least 4 members (excludes halogenated alkanes) is 3. The lowest BCUT2D eigenvalue weighted by Gasteiger charge is -2.06. The molecule has 0 aliphatic heterocycles. The second-order valence-electron chi connectivity index (χ2n) is 8.65. The lowest BCUT2D eigenvalue weighted by atomic mass is 10.1. The van der Waals surface area contributed by atoms with Crippen molar-refractivity contribution in [1.29, 1.82) is 0 Å². The SMILES string of the molecule is CCCCCCOc1ccc(-c2cc(-c3ccc(C(=O)n4n[n+]([O-])c5ccccc54)cc3)[nH]n2)cc1. The van der Waals surface area contributed by atoms with Gasteiger partial charge in [0.1, 0.15) is 11.0 Å². The topological polar surface area (TPSA) is 99.7 Å². The van der Waals surface area contributed by atoms with Gasteiger partial charge in [-0.25, -0.2) is 4.79 Å². The van der Waals surface area contributed by atoms with E-state index in [-0.39, 0.29) is 5.91 Å². The fourth-order valence-electron chi connectivity index (χ4n) is 4.11. The van der Waals surface area contributed by atoms with Crippen molar-refractivity contribution >= 4 is 16.9 Å². The van der Waals surface area contributed by atoms with Crippen LogP contribution in [-0.4, -0.2) is 32.6 Å². The highest BCUT2D eigenvalue weighted by Gasteiger charge is 2.22. The highest BCUT2D eigenvalue weighted by Crippen LogP contribution is 2.26. The molecule has 0 atom stereocenters. The Morgan fingerprint density at radius 2 is 1.72 bits per heavy atom. The van der Waals surface area contributed by atoms with E-state index < -0.39 is 0 Å². The van der Waals surface area contributed by atoms with E-state index in [2.05, 4.69) is 22.3 Å². The first kappa shape index (κ1) is 23.3. The number of aromatic nitrogens is 5. The quantitative estimate of drug-likeness (QED) is 0.173. The van der Waals surface area contributed by atoms with Crippen LogP contribution in [0.1, 0.15) is 43.0 Å². The van der Waals surface area contributed by atoms with Gasteiger partial charge in [-0.3, -0.25) is 5.10 Å². The molecular weight excluding hydrogens is 454 g/mol. The zero-order valence-corrected chi connectivity index (χ0v) is 20.1.